The summed E-state index contributed by atoms with van der Waals surface area (Å²) in [5.41, 5.74) is 6.76. The number of nitrogens with two attached hydrogens (primary N) is 1. The Morgan fingerprint density at radius 1 is 1.58 bits per heavy atom. The molecule has 1 saturated carbocycles. The van der Waals surface area contributed by atoms with Crippen LogP contribution in [-0.4, -0.2) is 12.5 Å². The summed E-state index contributed by atoms with van der Waals surface area (Å²) < 4.78 is 0. The Bertz CT molecular complexity index is 408. The number of amides is 1. The molecule has 0 aliphatic heterocycles. The summed E-state index contributed by atoms with van der Waals surface area (Å²) in [6.07, 6.45) is 4.06. The van der Waals surface area contributed by atoms with Gasteiger partial charge in [-0.1, -0.05) is 6.92 Å². The van der Waals surface area contributed by atoms with Crippen LogP contribution >= 0.6 is 11.3 Å². The van der Waals surface area contributed by atoms with E-state index in [0.717, 1.165) is 31.6 Å². The Labute approximate surface area is 119 Å². The van der Waals surface area contributed by atoms with Crippen molar-refractivity contribution in [3.05, 3.63) is 22.4 Å². The molecule has 1 aliphatic rings. The van der Waals surface area contributed by atoms with Gasteiger partial charge in [0.25, 0.3) is 0 Å². The second kappa shape index (κ2) is 6.06. The van der Waals surface area contributed by atoms with Gasteiger partial charge in [-0.3, -0.25) is 4.79 Å². The van der Waals surface area contributed by atoms with Crippen LogP contribution in [0.5, 0.6) is 0 Å². The molecule has 0 saturated heterocycles. The zero-order chi connectivity index (χ0) is 13.9. The zero-order valence-corrected chi connectivity index (χ0v) is 12.6. The summed E-state index contributed by atoms with van der Waals surface area (Å²) in [5.74, 6) is 0.863. The van der Waals surface area contributed by atoms with E-state index >= 15 is 0 Å². The first-order valence-electron chi connectivity index (χ1n) is 7.10. The fraction of sp³-hybridized carbons (Fsp3) is 0.667. The van der Waals surface area contributed by atoms with Crippen molar-refractivity contribution in [3.63, 3.8) is 0 Å². The van der Waals surface area contributed by atoms with Crippen LogP contribution in [0.3, 0.4) is 0 Å². The molecule has 3 nitrogen and oxygen atoms in total. The smallest absolute Gasteiger partial charge is 0.227 e. The van der Waals surface area contributed by atoms with Crippen molar-refractivity contribution in [2.24, 2.45) is 17.1 Å². The van der Waals surface area contributed by atoms with Gasteiger partial charge in [0.1, 0.15) is 0 Å². The first kappa shape index (κ1) is 14.5. The number of hydrogen-bond acceptors (Lipinski definition) is 3. The predicted molar refractivity (Wildman–Crippen MR) is 80.0 cm³/mol. The molecule has 4 heteroatoms. The van der Waals surface area contributed by atoms with E-state index in [9.17, 15) is 4.79 Å². The molecule has 3 N–H and O–H groups in total. The lowest BCUT2D eigenvalue weighted by Crippen LogP contribution is -2.48. The van der Waals surface area contributed by atoms with Crippen molar-refractivity contribution >= 4 is 17.2 Å². The average molecular weight is 280 g/mol. The van der Waals surface area contributed by atoms with Crippen molar-refractivity contribution in [2.75, 3.05) is 6.54 Å². The predicted octanol–water partition coefficient (Wildman–Crippen LogP) is 3.08. The van der Waals surface area contributed by atoms with E-state index < -0.39 is 0 Å². The molecule has 1 aromatic heterocycles. The van der Waals surface area contributed by atoms with Gasteiger partial charge >= 0.3 is 0 Å². The van der Waals surface area contributed by atoms with Gasteiger partial charge in [0.05, 0.1) is 11.5 Å². The minimum Gasteiger partial charge on any atom is -0.349 e. The summed E-state index contributed by atoms with van der Waals surface area (Å²) in [5, 5.41) is 7.27. The van der Waals surface area contributed by atoms with Crippen LogP contribution in [0.15, 0.2) is 16.8 Å². The van der Waals surface area contributed by atoms with E-state index in [-0.39, 0.29) is 17.4 Å². The Morgan fingerprint density at radius 2 is 2.26 bits per heavy atom. The van der Waals surface area contributed by atoms with Gasteiger partial charge in [-0.2, -0.15) is 11.3 Å². The molecule has 19 heavy (non-hydrogen) atoms. The van der Waals surface area contributed by atoms with E-state index in [4.69, 9.17) is 5.73 Å². The van der Waals surface area contributed by atoms with Crippen LogP contribution in [0.1, 0.15) is 51.1 Å². The quantitative estimate of drug-likeness (QED) is 0.890. The highest BCUT2D eigenvalue weighted by Crippen LogP contribution is 2.38. The summed E-state index contributed by atoms with van der Waals surface area (Å²) >= 11 is 1.66. The Morgan fingerprint density at radius 3 is 2.79 bits per heavy atom. The van der Waals surface area contributed by atoms with Crippen LogP contribution in [0.2, 0.25) is 0 Å². The summed E-state index contributed by atoms with van der Waals surface area (Å²) in [6.45, 7) is 4.75. The first-order chi connectivity index (χ1) is 9.07. The maximum absolute atomic E-state index is 12.6. The number of rotatable bonds is 4. The van der Waals surface area contributed by atoms with E-state index in [0.29, 0.717) is 6.54 Å². The molecule has 1 aliphatic carbocycles. The van der Waals surface area contributed by atoms with Crippen molar-refractivity contribution in [3.8, 4) is 0 Å². The highest BCUT2D eigenvalue weighted by atomic mass is 32.1. The third-order valence-corrected chi connectivity index (χ3v) is 5.20. The van der Waals surface area contributed by atoms with Crippen molar-refractivity contribution < 1.29 is 4.79 Å². The average Bonchev–Trinajstić information content (AvgIpc) is 2.94. The van der Waals surface area contributed by atoms with Crippen molar-refractivity contribution in [1.82, 2.24) is 5.32 Å². The van der Waals surface area contributed by atoms with Gasteiger partial charge in [-0.25, -0.2) is 0 Å². The molecule has 0 bridgehead atoms. The summed E-state index contributed by atoms with van der Waals surface area (Å²) in [6, 6.07) is 2.13. The highest BCUT2D eigenvalue weighted by molar-refractivity contribution is 7.07. The number of carbonyl (C=O) groups excluding carboxylic acids is 1. The number of hydrogen-bond donors (Lipinski definition) is 2. The molecule has 1 atom stereocenters. The third-order valence-electron chi connectivity index (χ3n) is 4.49. The Kier molecular flexibility index (Phi) is 4.63. The van der Waals surface area contributed by atoms with E-state index in [1.165, 1.54) is 5.56 Å². The van der Waals surface area contributed by atoms with Gasteiger partial charge in [-0.05, 0) is 60.9 Å². The Hall–Kier alpha value is -0.870. The zero-order valence-electron chi connectivity index (χ0n) is 11.8. The fourth-order valence-electron chi connectivity index (χ4n) is 2.79. The Balaban J connectivity index is 2.01. The van der Waals surface area contributed by atoms with Gasteiger partial charge in [-0.15, -0.1) is 0 Å². The lowest BCUT2D eigenvalue weighted by atomic mass is 9.70. The molecule has 0 aromatic carbocycles. The minimum absolute atomic E-state index is 0.0709. The molecule has 0 spiro atoms. The molecule has 1 unspecified atom stereocenters. The maximum Gasteiger partial charge on any atom is 0.227 e. The second-order valence-corrected chi connectivity index (χ2v) is 6.70. The van der Waals surface area contributed by atoms with Crippen LogP contribution in [0.25, 0.3) is 0 Å². The molecule has 0 radical (unpaired) electrons. The van der Waals surface area contributed by atoms with Gasteiger partial charge in [0.2, 0.25) is 5.91 Å². The monoisotopic (exact) mass is 280 g/mol. The molecular weight excluding hydrogens is 256 g/mol. The topological polar surface area (TPSA) is 55.1 Å². The normalized spacial score (nSPS) is 28.9. The molecule has 1 fully saturated rings. The lowest BCUT2D eigenvalue weighted by molar-refractivity contribution is -0.133. The second-order valence-electron chi connectivity index (χ2n) is 5.92. The SMILES string of the molecule is CC1CCC(CN)(C(=O)NC(C)c2ccsc2)CC1. The van der Waals surface area contributed by atoms with Crippen LogP contribution < -0.4 is 11.1 Å². The minimum atomic E-state index is -0.337. The van der Waals surface area contributed by atoms with Gasteiger partial charge in [0, 0.05) is 6.54 Å². The van der Waals surface area contributed by atoms with Crippen molar-refractivity contribution in [2.45, 2.75) is 45.6 Å². The lowest BCUT2D eigenvalue weighted by Gasteiger charge is -2.37. The number of carbonyl (C=O) groups is 1. The number of thiophene rings is 1. The first-order valence-corrected chi connectivity index (χ1v) is 8.05. The van der Waals surface area contributed by atoms with Gasteiger partial charge in [0.15, 0.2) is 0 Å². The molecular formula is C15H24N2OS. The van der Waals surface area contributed by atoms with Crippen LogP contribution in [0, 0.1) is 11.3 Å². The third kappa shape index (κ3) is 3.18. The largest absolute Gasteiger partial charge is 0.349 e. The molecule has 106 valence electrons. The standard InChI is InChI=1S/C15H24N2OS/c1-11-3-6-15(10-16,7-4-11)14(18)17-12(2)13-5-8-19-9-13/h5,8-9,11-12H,3-4,6-7,10,16H2,1-2H3,(H,17,18). The van der Waals surface area contributed by atoms with Gasteiger partial charge < -0.3 is 11.1 Å². The maximum atomic E-state index is 12.6. The summed E-state index contributed by atoms with van der Waals surface area (Å²) in [7, 11) is 0. The highest BCUT2D eigenvalue weighted by Gasteiger charge is 2.40. The van der Waals surface area contributed by atoms with E-state index in [1.807, 2.05) is 12.3 Å². The number of nitrogens with one attached hydrogen (secondary N) is 1. The molecule has 1 amide bonds. The van der Waals surface area contributed by atoms with Crippen LogP contribution in [0.4, 0.5) is 0 Å². The fourth-order valence-corrected chi connectivity index (χ4v) is 3.55. The molecule has 1 aromatic rings. The molecule has 1 heterocycles. The summed E-state index contributed by atoms with van der Waals surface area (Å²) in [4.78, 5) is 12.6. The van der Waals surface area contributed by atoms with Crippen molar-refractivity contribution in [1.29, 1.82) is 0 Å². The molecule has 2 rings (SSSR count). The van der Waals surface area contributed by atoms with E-state index in [1.54, 1.807) is 11.3 Å². The van der Waals surface area contributed by atoms with E-state index in [2.05, 4.69) is 23.7 Å². The van der Waals surface area contributed by atoms with Crippen LogP contribution in [-0.2, 0) is 4.79 Å².